The maximum Gasteiger partial charge on any atom is 0.335 e. The van der Waals surface area contributed by atoms with Gasteiger partial charge in [0.15, 0.2) is 0 Å². The summed E-state index contributed by atoms with van der Waals surface area (Å²) in [5.41, 5.74) is 2.38. The number of carboxylic acid groups (broad SMARTS) is 1. The smallest absolute Gasteiger partial charge is 0.335 e. The number of rotatable bonds is 5. The normalized spacial score (nSPS) is 24.0. The number of aryl methyl sites for hydroxylation is 1. The monoisotopic (exact) mass is 277 g/mol. The molecule has 1 aliphatic carbocycles. The van der Waals surface area contributed by atoms with E-state index in [0.29, 0.717) is 17.7 Å². The van der Waals surface area contributed by atoms with E-state index in [2.05, 4.69) is 19.2 Å². The van der Waals surface area contributed by atoms with Crippen LogP contribution in [0.1, 0.15) is 43.1 Å². The lowest BCUT2D eigenvalue weighted by Crippen LogP contribution is -2.58. The molecule has 0 bridgehead atoms. The molecule has 0 heterocycles. The molecule has 1 saturated carbocycles. The minimum atomic E-state index is -0.889. The van der Waals surface area contributed by atoms with E-state index in [9.17, 15) is 4.79 Å². The molecule has 4 heteroatoms. The van der Waals surface area contributed by atoms with E-state index in [-0.39, 0.29) is 5.41 Å². The number of aromatic carboxylic acids is 1. The number of anilines is 1. The van der Waals surface area contributed by atoms with E-state index in [0.717, 1.165) is 24.3 Å². The number of hydrogen-bond acceptors (Lipinski definition) is 3. The molecule has 0 radical (unpaired) electrons. The van der Waals surface area contributed by atoms with Crippen LogP contribution in [0.15, 0.2) is 18.2 Å². The third-order valence-corrected chi connectivity index (χ3v) is 4.35. The molecule has 2 unspecified atom stereocenters. The number of carbonyl (C=O) groups is 1. The Morgan fingerprint density at radius 3 is 2.70 bits per heavy atom. The van der Waals surface area contributed by atoms with Crippen LogP contribution in [0, 0.1) is 12.3 Å². The summed E-state index contributed by atoms with van der Waals surface area (Å²) in [6, 6.07) is 5.55. The molecule has 2 N–H and O–H groups in total. The minimum absolute atomic E-state index is 0.0912. The summed E-state index contributed by atoms with van der Waals surface area (Å²) < 4.78 is 5.72. The molecule has 0 amide bonds. The van der Waals surface area contributed by atoms with Gasteiger partial charge in [-0.2, -0.15) is 0 Å². The molecule has 4 nitrogen and oxygen atoms in total. The summed E-state index contributed by atoms with van der Waals surface area (Å²) in [6.07, 6.45) is 1.28. The van der Waals surface area contributed by atoms with Gasteiger partial charge in [-0.15, -0.1) is 0 Å². The van der Waals surface area contributed by atoms with Gasteiger partial charge in [0.05, 0.1) is 11.7 Å². The Morgan fingerprint density at radius 1 is 1.50 bits per heavy atom. The lowest BCUT2D eigenvalue weighted by molar-refractivity contribution is -0.0976. The van der Waals surface area contributed by atoms with Crippen molar-refractivity contribution in [2.24, 2.45) is 5.41 Å². The molecule has 2 rings (SSSR count). The number of hydrogen-bond donors (Lipinski definition) is 2. The molecule has 0 aliphatic heterocycles. The molecule has 2 atom stereocenters. The Balaban J connectivity index is 2.07. The van der Waals surface area contributed by atoms with Crippen LogP contribution in [-0.4, -0.2) is 29.8 Å². The Hall–Kier alpha value is -1.55. The zero-order valence-electron chi connectivity index (χ0n) is 12.6. The first-order chi connectivity index (χ1) is 9.36. The van der Waals surface area contributed by atoms with Crippen molar-refractivity contribution in [3.8, 4) is 0 Å². The average molecular weight is 277 g/mol. The molecule has 1 fully saturated rings. The first-order valence-corrected chi connectivity index (χ1v) is 7.08. The maximum atomic E-state index is 10.9. The minimum Gasteiger partial charge on any atom is -0.478 e. The van der Waals surface area contributed by atoms with E-state index in [1.165, 1.54) is 0 Å². The van der Waals surface area contributed by atoms with Crippen molar-refractivity contribution in [2.45, 2.75) is 46.3 Å². The van der Waals surface area contributed by atoms with Crippen LogP contribution < -0.4 is 5.32 Å². The molecule has 0 aromatic heterocycles. The maximum absolute atomic E-state index is 10.9. The van der Waals surface area contributed by atoms with E-state index < -0.39 is 5.97 Å². The van der Waals surface area contributed by atoms with Gasteiger partial charge >= 0.3 is 5.97 Å². The summed E-state index contributed by atoms with van der Waals surface area (Å²) in [7, 11) is 0. The predicted molar refractivity (Wildman–Crippen MR) is 79.4 cm³/mol. The van der Waals surface area contributed by atoms with Gasteiger partial charge in [0.1, 0.15) is 0 Å². The second kappa shape index (κ2) is 5.44. The molecule has 110 valence electrons. The molecular formula is C16H23NO3. The van der Waals surface area contributed by atoms with Crippen molar-refractivity contribution in [3.05, 3.63) is 29.3 Å². The number of benzene rings is 1. The Kier molecular flexibility index (Phi) is 4.04. The zero-order chi connectivity index (χ0) is 14.9. The molecule has 1 aromatic carbocycles. The summed E-state index contributed by atoms with van der Waals surface area (Å²) in [5.74, 6) is -0.889. The predicted octanol–water partition coefficient (Wildman–Crippen LogP) is 3.31. The van der Waals surface area contributed by atoms with Crippen molar-refractivity contribution >= 4 is 11.7 Å². The number of ether oxygens (including phenoxy) is 1. The van der Waals surface area contributed by atoms with Crippen LogP contribution in [0.3, 0.4) is 0 Å². The summed E-state index contributed by atoms with van der Waals surface area (Å²) in [6.45, 7) is 9.10. The standard InChI is InChI=1S/C16H23NO3/c1-5-20-14-9-13(16(14,3)4)17-12-7-6-11(15(18)19)8-10(12)2/h6-8,13-14,17H,5,9H2,1-4H3,(H,18,19). The van der Waals surface area contributed by atoms with Gasteiger partial charge in [-0.1, -0.05) is 13.8 Å². The van der Waals surface area contributed by atoms with Gasteiger partial charge in [0, 0.05) is 23.8 Å². The largest absolute Gasteiger partial charge is 0.478 e. The highest BCUT2D eigenvalue weighted by Crippen LogP contribution is 2.44. The second-order valence-electron chi connectivity index (χ2n) is 6.03. The third-order valence-electron chi connectivity index (χ3n) is 4.35. The van der Waals surface area contributed by atoms with Gasteiger partial charge < -0.3 is 15.2 Å². The second-order valence-corrected chi connectivity index (χ2v) is 6.03. The average Bonchev–Trinajstić information content (AvgIpc) is 2.39. The first-order valence-electron chi connectivity index (χ1n) is 7.08. The zero-order valence-corrected chi connectivity index (χ0v) is 12.6. The fourth-order valence-corrected chi connectivity index (χ4v) is 2.76. The molecule has 0 saturated heterocycles. The van der Waals surface area contributed by atoms with Crippen LogP contribution in [0.4, 0.5) is 5.69 Å². The van der Waals surface area contributed by atoms with E-state index >= 15 is 0 Å². The Morgan fingerprint density at radius 2 is 2.20 bits per heavy atom. The SMILES string of the molecule is CCOC1CC(Nc2ccc(C(=O)O)cc2C)C1(C)C. The molecule has 1 aliphatic rings. The van der Waals surface area contributed by atoms with Crippen LogP contribution in [0.2, 0.25) is 0 Å². The van der Waals surface area contributed by atoms with Crippen molar-refractivity contribution in [1.29, 1.82) is 0 Å². The van der Waals surface area contributed by atoms with Crippen molar-refractivity contribution in [3.63, 3.8) is 0 Å². The molecular weight excluding hydrogens is 254 g/mol. The molecule has 20 heavy (non-hydrogen) atoms. The van der Waals surface area contributed by atoms with E-state index in [1.54, 1.807) is 12.1 Å². The molecule has 0 spiro atoms. The lowest BCUT2D eigenvalue weighted by Gasteiger charge is -2.52. The van der Waals surface area contributed by atoms with Gasteiger partial charge in [-0.25, -0.2) is 4.79 Å². The van der Waals surface area contributed by atoms with E-state index in [1.807, 2.05) is 19.9 Å². The van der Waals surface area contributed by atoms with Crippen LogP contribution >= 0.6 is 0 Å². The van der Waals surface area contributed by atoms with Crippen molar-refractivity contribution in [2.75, 3.05) is 11.9 Å². The fraction of sp³-hybridized carbons (Fsp3) is 0.562. The van der Waals surface area contributed by atoms with Gasteiger partial charge in [-0.05, 0) is 44.0 Å². The van der Waals surface area contributed by atoms with Gasteiger partial charge in [0.2, 0.25) is 0 Å². The van der Waals surface area contributed by atoms with Crippen LogP contribution in [0.5, 0.6) is 0 Å². The quantitative estimate of drug-likeness (QED) is 0.867. The fourth-order valence-electron chi connectivity index (χ4n) is 2.76. The topological polar surface area (TPSA) is 58.6 Å². The van der Waals surface area contributed by atoms with Gasteiger partial charge in [0.25, 0.3) is 0 Å². The first kappa shape index (κ1) is 14.9. The van der Waals surface area contributed by atoms with Crippen molar-refractivity contribution < 1.29 is 14.6 Å². The van der Waals surface area contributed by atoms with Crippen LogP contribution in [-0.2, 0) is 4.74 Å². The van der Waals surface area contributed by atoms with Gasteiger partial charge in [-0.3, -0.25) is 0 Å². The lowest BCUT2D eigenvalue weighted by atomic mass is 9.64. The van der Waals surface area contributed by atoms with E-state index in [4.69, 9.17) is 9.84 Å². The summed E-state index contributed by atoms with van der Waals surface area (Å²) >= 11 is 0. The Labute approximate surface area is 120 Å². The number of carboxylic acids is 1. The van der Waals surface area contributed by atoms with Crippen LogP contribution in [0.25, 0.3) is 0 Å². The third kappa shape index (κ3) is 2.66. The highest BCUT2D eigenvalue weighted by Gasteiger charge is 2.48. The highest BCUT2D eigenvalue weighted by molar-refractivity contribution is 5.88. The molecule has 1 aromatic rings. The summed E-state index contributed by atoms with van der Waals surface area (Å²) in [5, 5.41) is 12.5. The Bertz CT molecular complexity index is 510. The highest BCUT2D eigenvalue weighted by atomic mass is 16.5. The summed E-state index contributed by atoms with van der Waals surface area (Å²) in [4.78, 5) is 10.9. The van der Waals surface area contributed by atoms with Crippen molar-refractivity contribution in [1.82, 2.24) is 0 Å². The number of nitrogens with one attached hydrogen (secondary N) is 1.